The largest absolute Gasteiger partial charge is 0.508 e. The lowest BCUT2D eigenvalue weighted by molar-refractivity contribution is -0.384. The van der Waals surface area contributed by atoms with Crippen molar-refractivity contribution in [3.63, 3.8) is 0 Å². The molecular weight excluding hydrogens is 375 g/mol. The maximum absolute atomic E-state index is 12.0. The number of anilines is 1. The summed E-state index contributed by atoms with van der Waals surface area (Å²) in [7, 11) is 0. The first-order valence-electron chi connectivity index (χ1n) is 5.51. The van der Waals surface area contributed by atoms with E-state index in [1.54, 1.807) is 24.3 Å². The fraction of sp³-hybridized carbons (Fsp3) is 0. The van der Waals surface area contributed by atoms with Gasteiger partial charge in [0.1, 0.15) is 11.4 Å². The summed E-state index contributed by atoms with van der Waals surface area (Å²) in [6.07, 6.45) is 0. The van der Waals surface area contributed by atoms with Crippen LogP contribution in [0.2, 0.25) is 0 Å². The zero-order valence-corrected chi connectivity index (χ0v) is 12.2. The van der Waals surface area contributed by atoms with E-state index < -0.39 is 10.8 Å². The topological polar surface area (TPSA) is 92.5 Å². The van der Waals surface area contributed by atoms with Crippen LogP contribution in [0.5, 0.6) is 5.75 Å². The minimum Gasteiger partial charge on any atom is -0.508 e. The molecule has 0 aliphatic rings. The fourth-order valence-electron chi connectivity index (χ4n) is 1.57. The van der Waals surface area contributed by atoms with Crippen LogP contribution in [-0.2, 0) is 0 Å². The van der Waals surface area contributed by atoms with Crippen LogP contribution in [0.3, 0.4) is 0 Å². The molecule has 0 aliphatic carbocycles. The highest BCUT2D eigenvalue weighted by molar-refractivity contribution is 14.1. The van der Waals surface area contributed by atoms with Crippen molar-refractivity contribution in [1.82, 2.24) is 0 Å². The second-order valence-electron chi connectivity index (χ2n) is 3.92. The second-order valence-corrected chi connectivity index (χ2v) is 5.17. The van der Waals surface area contributed by atoms with E-state index in [9.17, 15) is 20.0 Å². The van der Waals surface area contributed by atoms with Crippen LogP contribution in [0.4, 0.5) is 11.4 Å². The number of hydrogen-bond donors (Lipinski definition) is 2. The highest BCUT2D eigenvalue weighted by Gasteiger charge is 2.17. The molecule has 0 unspecified atom stereocenters. The number of phenols is 1. The summed E-state index contributed by atoms with van der Waals surface area (Å²) in [5, 5.41) is 22.6. The van der Waals surface area contributed by atoms with Crippen molar-refractivity contribution in [3.8, 4) is 5.75 Å². The molecule has 0 aromatic heterocycles. The van der Waals surface area contributed by atoms with E-state index in [0.717, 1.165) is 9.64 Å². The number of phenolic OH excluding ortho intramolecular Hbond substituents is 1. The summed E-state index contributed by atoms with van der Waals surface area (Å²) in [5.74, 6) is -0.681. The third-order valence-corrected chi connectivity index (χ3v) is 3.25. The van der Waals surface area contributed by atoms with Crippen LogP contribution < -0.4 is 5.32 Å². The van der Waals surface area contributed by atoms with Gasteiger partial charge >= 0.3 is 0 Å². The van der Waals surface area contributed by atoms with Crippen LogP contribution in [-0.4, -0.2) is 15.9 Å². The second kappa shape index (κ2) is 5.87. The minimum atomic E-state index is -0.663. The Balaban J connectivity index is 2.28. The molecular formula is C13H9IN2O4. The van der Waals surface area contributed by atoms with Crippen molar-refractivity contribution in [1.29, 1.82) is 0 Å². The third-order valence-electron chi connectivity index (χ3n) is 2.53. The number of halogens is 1. The molecule has 2 aromatic carbocycles. The van der Waals surface area contributed by atoms with E-state index in [1.165, 1.54) is 12.1 Å². The first-order valence-corrected chi connectivity index (χ1v) is 6.59. The number of nitro groups is 1. The first kappa shape index (κ1) is 14.3. The Bertz CT molecular complexity index is 671. The van der Waals surface area contributed by atoms with E-state index >= 15 is 0 Å². The average molecular weight is 384 g/mol. The zero-order chi connectivity index (χ0) is 14.7. The molecule has 0 saturated carbocycles. The van der Waals surface area contributed by atoms with Gasteiger partial charge in [-0.25, -0.2) is 0 Å². The van der Waals surface area contributed by atoms with E-state index in [-0.39, 0.29) is 17.1 Å². The van der Waals surface area contributed by atoms with Crippen molar-refractivity contribution < 1.29 is 14.8 Å². The molecule has 2 aromatic rings. The lowest BCUT2D eigenvalue weighted by Crippen LogP contribution is -2.13. The number of amides is 1. The Morgan fingerprint density at radius 2 is 1.85 bits per heavy atom. The number of aromatic hydroxyl groups is 1. The van der Waals surface area contributed by atoms with Gasteiger partial charge in [-0.3, -0.25) is 14.9 Å². The van der Waals surface area contributed by atoms with Gasteiger partial charge in [0.05, 0.1) is 11.0 Å². The van der Waals surface area contributed by atoms with Gasteiger partial charge in [0.15, 0.2) is 0 Å². The van der Waals surface area contributed by atoms with Crippen molar-refractivity contribution in [2.45, 2.75) is 0 Å². The number of nitrogens with one attached hydrogen (secondary N) is 1. The number of nitro benzene ring substituents is 1. The van der Waals surface area contributed by atoms with Crippen molar-refractivity contribution >= 4 is 39.9 Å². The van der Waals surface area contributed by atoms with Gasteiger partial charge in [-0.15, -0.1) is 0 Å². The van der Waals surface area contributed by atoms with Gasteiger partial charge in [-0.1, -0.05) is 0 Å². The smallest absolute Gasteiger partial charge is 0.296 e. The maximum atomic E-state index is 12.0. The Kier molecular flexibility index (Phi) is 4.18. The highest BCUT2D eigenvalue weighted by Crippen LogP contribution is 2.28. The summed E-state index contributed by atoms with van der Waals surface area (Å²) in [5.41, 5.74) is 0.0769. The quantitative estimate of drug-likeness (QED) is 0.368. The Hall–Kier alpha value is -2.16. The molecule has 2 N–H and O–H groups in total. The predicted octanol–water partition coefficient (Wildman–Crippen LogP) is 3.16. The molecule has 0 aliphatic heterocycles. The van der Waals surface area contributed by atoms with Gasteiger partial charge in [-0.05, 0) is 59.0 Å². The predicted molar refractivity (Wildman–Crippen MR) is 81.9 cm³/mol. The van der Waals surface area contributed by atoms with Gasteiger partial charge in [-0.2, -0.15) is 0 Å². The van der Waals surface area contributed by atoms with Gasteiger partial charge < -0.3 is 10.4 Å². The lowest BCUT2D eigenvalue weighted by atomic mass is 10.2. The summed E-state index contributed by atoms with van der Waals surface area (Å²) < 4.78 is 0.981. The van der Waals surface area contributed by atoms with Crippen LogP contribution in [0.15, 0.2) is 42.5 Å². The molecule has 0 fully saturated rings. The molecule has 1 amide bonds. The standard InChI is InChI=1S/C13H9IN2O4/c14-9-3-1-8(2-4-9)13(18)15-11-6-5-10(17)7-12(11)16(19)20/h1-7,17H,(H,15,18). The normalized spacial score (nSPS) is 10.1. The summed E-state index contributed by atoms with van der Waals surface area (Å²) >= 11 is 2.11. The number of carbonyl (C=O) groups is 1. The molecule has 7 heteroatoms. The highest BCUT2D eigenvalue weighted by atomic mass is 127. The number of nitrogens with zero attached hydrogens (tertiary/aromatic N) is 1. The number of benzene rings is 2. The molecule has 0 bridgehead atoms. The fourth-order valence-corrected chi connectivity index (χ4v) is 1.93. The maximum Gasteiger partial charge on any atom is 0.296 e. The number of carbonyl (C=O) groups excluding carboxylic acids is 1. The van der Waals surface area contributed by atoms with Crippen LogP contribution in [0, 0.1) is 13.7 Å². The Morgan fingerprint density at radius 3 is 2.45 bits per heavy atom. The number of hydrogen-bond acceptors (Lipinski definition) is 4. The van der Waals surface area contributed by atoms with Gasteiger partial charge in [0.2, 0.25) is 0 Å². The van der Waals surface area contributed by atoms with E-state index in [1.807, 2.05) is 0 Å². The number of rotatable bonds is 3. The van der Waals surface area contributed by atoms with E-state index in [2.05, 4.69) is 27.9 Å². The SMILES string of the molecule is O=C(Nc1ccc(O)cc1[N+](=O)[O-])c1ccc(I)cc1. The van der Waals surface area contributed by atoms with Gasteiger partial charge in [0, 0.05) is 9.13 Å². The van der Waals surface area contributed by atoms with Crippen molar-refractivity contribution in [3.05, 3.63) is 61.7 Å². The van der Waals surface area contributed by atoms with Crippen molar-refractivity contribution in [2.75, 3.05) is 5.32 Å². The summed E-state index contributed by atoms with van der Waals surface area (Å²) in [4.78, 5) is 22.2. The lowest BCUT2D eigenvalue weighted by Gasteiger charge is -2.06. The Labute approximate surface area is 127 Å². The monoisotopic (exact) mass is 384 g/mol. The van der Waals surface area contributed by atoms with Crippen LogP contribution >= 0.6 is 22.6 Å². The first-order chi connectivity index (χ1) is 9.47. The van der Waals surface area contributed by atoms with E-state index in [4.69, 9.17) is 0 Å². The molecule has 6 nitrogen and oxygen atoms in total. The zero-order valence-electron chi connectivity index (χ0n) is 10.0. The molecule has 2 rings (SSSR count). The molecule has 0 atom stereocenters. The van der Waals surface area contributed by atoms with Crippen LogP contribution in [0.25, 0.3) is 0 Å². The summed E-state index contributed by atoms with van der Waals surface area (Å²) in [6.45, 7) is 0. The van der Waals surface area contributed by atoms with Gasteiger partial charge in [0.25, 0.3) is 11.6 Å². The summed E-state index contributed by atoms with van der Waals surface area (Å²) in [6, 6.07) is 10.3. The van der Waals surface area contributed by atoms with E-state index in [0.29, 0.717) is 5.56 Å². The molecule has 0 saturated heterocycles. The molecule has 20 heavy (non-hydrogen) atoms. The molecule has 0 spiro atoms. The van der Waals surface area contributed by atoms with Crippen LogP contribution in [0.1, 0.15) is 10.4 Å². The molecule has 102 valence electrons. The van der Waals surface area contributed by atoms with Crippen molar-refractivity contribution in [2.24, 2.45) is 0 Å². The average Bonchev–Trinajstić information content (AvgIpc) is 2.41. The third kappa shape index (κ3) is 3.23. The Morgan fingerprint density at radius 1 is 1.20 bits per heavy atom. The molecule has 0 radical (unpaired) electrons. The minimum absolute atomic E-state index is 0.0383. The molecule has 0 heterocycles.